The standard InChI is InChI=1S/C15H16NO5P/c1-2-21-22(19,15-10-20-15)12(9-16)5-3-4-11-6-7-13(17)14(18)8-11/h3-8,15,17-18H,2,10H2,1H3/b4-3+,12-5+. The van der Waals surface area contributed by atoms with Crippen LogP contribution in [0.2, 0.25) is 0 Å². The molecule has 0 saturated carbocycles. The Labute approximate surface area is 128 Å². The molecule has 7 heteroatoms. The number of hydrogen-bond donors (Lipinski definition) is 2. The summed E-state index contributed by atoms with van der Waals surface area (Å²) in [7, 11) is -3.29. The maximum Gasteiger partial charge on any atom is 0.272 e. The van der Waals surface area contributed by atoms with Crippen molar-refractivity contribution in [1.29, 1.82) is 5.26 Å². The molecule has 0 bridgehead atoms. The van der Waals surface area contributed by atoms with E-state index >= 15 is 0 Å². The van der Waals surface area contributed by atoms with Gasteiger partial charge in [-0.2, -0.15) is 5.26 Å². The van der Waals surface area contributed by atoms with E-state index in [4.69, 9.17) is 9.26 Å². The van der Waals surface area contributed by atoms with Gasteiger partial charge in [-0.3, -0.25) is 4.57 Å². The van der Waals surface area contributed by atoms with Crippen LogP contribution in [0.15, 0.2) is 35.7 Å². The first-order valence-electron chi connectivity index (χ1n) is 6.68. The summed E-state index contributed by atoms with van der Waals surface area (Å²) in [6.45, 7) is 2.26. The number of aromatic hydroxyl groups is 2. The van der Waals surface area contributed by atoms with Crippen molar-refractivity contribution in [3.05, 3.63) is 41.2 Å². The van der Waals surface area contributed by atoms with Crippen LogP contribution in [0.4, 0.5) is 0 Å². The fourth-order valence-electron chi connectivity index (χ4n) is 1.84. The van der Waals surface area contributed by atoms with Crippen molar-refractivity contribution < 1.29 is 24.0 Å². The van der Waals surface area contributed by atoms with Crippen LogP contribution in [0.5, 0.6) is 11.5 Å². The van der Waals surface area contributed by atoms with E-state index in [1.54, 1.807) is 25.1 Å². The highest BCUT2D eigenvalue weighted by molar-refractivity contribution is 7.64. The molecule has 2 N–H and O–H groups in total. The Balaban J connectivity index is 2.21. The molecule has 0 spiro atoms. The average Bonchev–Trinajstić information content (AvgIpc) is 3.32. The Hall–Kier alpha value is -2.06. The van der Waals surface area contributed by atoms with E-state index in [0.717, 1.165) is 0 Å². The molecule has 6 nitrogen and oxygen atoms in total. The van der Waals surface area contributed by atoms with Gasteiger partial charge in [-0.05, 0) is 30.7 Å². The van der Waals surface area contributed by atoms with Gasteiger partial charge in [0.1, 0.15) is 11.4 Å². The fourth-order valence-corrected chi connectivity index (χ4v) is 3.76. The van der Waals surface area contributed by atoms with Crippen LogP contribution in [0.1, 0.15) is 12.5 Å². The topological polar surface area (TPSA) is 103 Å². The number of nitrogens with zero attached hydrogens (tertiary/aromatic N) is 1. The molecule has 2 unspecified atom stereocenters. The number of ether oxygens (including phenoxy) is 1. The first-order chi connectivity index (χ1) is 10.5. The van der Waals surface area contributed by atoms with E-state index in [2.05, 4.69) is 0 Å². The van der Waals surface area contributed by atoms with Crippen LogP contribution < -0.4 is 0 Å². The molecule has 0 aromatic heterocycles. The van der Waals surface area contributed by atoms with Crippen LogP contribution >= 0.6 is 7.37 Å². The number of phenols is 2. The summed E-state index contributed by atoms with van der Waals surface area (Å²) >= 11 is 0. The zero-order chi connectivity index (χ0) is 16.2. The minimum Gasteiger partial charge on any atom is -0.504 e. The lowest BCUT2D eigenvalue weighted by Gasteiger charge is -2.13. The minimum absolute atomic E-state index is 0.0381. The summed E-state index contributed by atoms with van der Waals surface area (Å²) in [6, 6.07) is 6.23. The first kappa shape index (κ1) is 16.3. The maximum absolute atomic E-state index is 12.7. The van der Waals surface area contributed by atoms with Gasteiger partial charge >= 0.3 is 0 Å². The average molecular weight is 321 g/mol. The number of epoxide rings is 1. The number of nitriles is 1. The molecular formula is C15H16NO5P. The highest BCUT2D eigenvalue weighted by atomic mass is 31.2. The molecule has 1 saturated heterocycles. The highest BCUT2D eigenvalue weighted by Crippen LogP contribution is 2.63. The van der Waals surface area contributed by atoms with Crippen LogP contribution in [0.3, 0.4) is 0 Å². The number of benzene rings is 1. The van der Waals surface area contributed by atoms with Gasteiger partial charge in [0.2, 0.25) is 0 Å². The van der Waals surface area contributed by atoms with Gasteiger partial charge in [-0.1, -0.05) is 18.2 Å². The van der Waals surface area contributed by atoms with E-state index < -0.39 is 13.2 Å². The Bertz CT molecular complexity index is 700. The van der Waals surface area contributed by atoms with Crippen molar-refractivity contribution in [2.45, 2.75) is 12.8 Å². The molecule has 0 radical (unpaired) electrons. The Morgan fingerprint density at radius 2 is 2.27 bits per heavy atom. The summed E-state index contributed by atoms with van der Waals surface area (Å²) in [5.41, 5.74) is 0.623. The Kier molecular flexibility index (Phi) is 5.04. The van der Waals surface area contributed by atoms with Crippen molar-refractivity contribution in [2.75, 3.05) is 13.2 Å². The second kappa shape index (κ2) is 6.80. The van der Waals surface area contributed by atoms with Crippen molar-refractivity contribution in [2.24, 2.45) is 0 Å². The maximum atomic E-state index is 12.7. The first-order valence-corrected chi connectivity index (χ1v) is 8.37. The molecule has 116 valence electrons. The predicted molar refractivity (Wildman–Crippen MR) is 81.5 cm³/mol. The van der Waals surface area contributed by atoms with Crippen molar-refractivity contribution >= 4 is 13.4 Å². The molecule has 0 amide bonds. The molecule has 0 aliphatic carbocycles. The largest absolute Gasteiger partial charge is 0.504 e. The second-order valence-corrected chi connectivity index (χ2v) is 7.08. The predicted octanol–water partition coefficient (Wildman–Crippen LogP) is 3.19. The summed E-state index contributed by atoms with van der Waals surface area (Å²) in [6.07, 6.45) is 4.57. The van der Waals surface area contributed by atoms with Crippen LogP contribution in [0, 0.1) is 11.3 Å². The SMILES string of the molecule is CCOP(=O)(/C(C#N)=C/C=C/c1ccc(O)c(O)c1)C1CO1. The summed E-state index contributed by atoms with van der Waals surface area (Å²) in [4.78, 5) is 0. The quantitative estimate of drug-likeness (QED) is 0.274. The molecule has 2 atom stereocenters. The van der Waals surface area contributed by atoms with Gasteiger partial charge in [0.05, 0.1) is 13.2 Å². The van der Waals surface area contributed by atoms with Crippen LogP contribution in [-0.4, -0.2) is 29.3 Å². The van der Waals surface area contributed by atoms with E-state index in [1.807, 2.05) is 6.07 Å². The Morgan fingerprint density at radius 1 is 1.55 bits per heavy atom. The molecule has 1 heterocycles. The van der Waals surface area contributed by atoms with Crippen molar-refractivity contribution in [1.82, 2.24) is 0 Å². The normalized spacial score (nSPS) is 20.5. The lowest BCUT2D eigenvalue weighted by Crippen LogP contribution is -1.98. The fraction of sp³-hybridized carbons (Fsp3) is 0.267. The highest BCUT2D eigenvalue weighted by Gasteiger charge is 2.47. The zero-order valence-electron chi connectivity index (χ0n) is 12.0. The lowest BCUT2D eigenvalue weighted by molar-refractivity contribution is 0.322. The molecule has 1 aliphatic heterocycles. The molecule has 22 heavy (non-hydrogen) atoms. The van der Waals surface area contributed by atoms with E-state index in [-0.39, 0.29) is 23.4 Å². The summed E-state index contributed by atoms with van der Waals surface area (Å²) in [5, 5.41) is 27.9. The molecule has 1 aromatic carbocycles. The van der Waals surface area contributed by atoms with Gasteiger partial charge in [0.15, 0.2) is 17.3 Å². The molecule has 1 fully saturated rings. The van der Waals surface area contributed by atoms with Crippen molar-refractivity contribution in [3.8, 4) is 17.6 Å². The monoisotopic (exact) mass is 321 g/mol. The third kappa shape index (κ3) is 3.58. The lowest BCUT2D eigenvalue weighted by atomic mass is 10.2. The van der Waals surface area contributed by atoms with Gasteiger partial charge in [-0.15, -0.1) is 0 Å². The second-order valence-electron chi connectivity index (χ2n) is 4.57. The van der Waals surface area contributed by atoms with Crippen molar-refractivity contribution in [3.63, 3.8) is 0 Å². The minimum atomic E-state index is -3.29. The number of allylic oxidation sites excluding steroid dienone is 3. The number of phenolic OH excluding ortho intramolecular Hbond substituents is 2. The van der Waals surface area contributed by atoms with E-state index in [9.17, 15) is 20.0 Å². The molecular weight excluding hydrogens is 305 g/mol. The molecule has 2 rings (SSSR count). The smallest absolute Gasteiger partial charge is 0.272 e. The summed E-state index contributed by atoms with van der Waals surface area (Å²) in [5.74, 6) is -0.986. The van der Waals surface area contributed by atoms with Gasteiger partial charge < -0.3 is 19.5 Å². The number of hydrogen-bond acceptors (Lipinski definition) is 6. The third-order valence-electron chi connectivity index (χ3n) is 3.01. The third-order valence-corrected chi connectivity index (χ3v) is 5.63. The van der Waals surface area contributed by atoms with Gasteiger partial charge in [-0.25, -0.2) is 0 Å². The van der Waals surface area contributed by atoms with E-state index in [0.29, 0.717) is 12.2 Å². The number of rotatable bonds is 6. The van der Waals surface area contributed by atoms with Crippen LogP contribution in [0.25, 0.3) is 6.08 Å². The zero-order valence-corrected chi connectivity index (χ0v) is 12.9. The van der Waals surface area contributed by atoms with Crippen LogP contribution in [-0.2, 0) is 13.8 Å². The van der Waals surface area contributed by atoms with E-state index in [1.165, 1.54) is 18.2 Å². The molecule has 1 aliphatic rings. The Morgan fingerprint density at radius 3 is 2.82 bits per heavy atom. The van der Waals surface area contributed by atoms with Gasteiger partial charge in [0, 0.05) is 0 Å². The van der Waals surface area contributed by atoms with Gasteiger partial charge in [0.25, 0.3) is 7.37 Å². The summed E-state index contributed by atoms with van der Waals surface area (Å²) < 4.78 is 23.0. The molecule has 1 aromatic rings.